The summed E-state index contributed by atoms with van der Waals surface area (Å²) in [4.78, 5) is 18.9. The Balaban J connectivity index is 1.48. The molecule has 1 atom stereocenters. The van der Waals surface area contributed by atoms with Gasteiger partial charge in [-0.05, 0) is 61.4 Å². The Hall–Kier alpha value is -3.86. The van der Waals surface area contributed by atoms with Crippen LogP contribution in [0.25, 0.3) is 11.4 Å². The lowest BCUT2D eigenvalue weighted by Crippen LogP contribution is -2.34. The second-order valence-electron chi connectivity index (χ2n) is 6.66. The van der Waals surface area contributed by atoms with Crippen LogP contribution in [-0.4, -0.2) is 34.7 Å². The number of rotatable bonds is 4. The lowest BCUT2D eigenvalue weighted by molar-refractivity contribution is 0.193. The Morgan fingerprint density at radius 1 is 1.24 bits per heavy atom. The molecule has 0 bridgehead atoms. The third-order valence-corrected chi connectivity index (χ3v) is 4.85. The average molecular weight is 389 g/mol. The molecule has 8 nitrogen and oxygen atoms in total. The maximum atomic E-state index is 12.7. The van der Waals surface area contributed by atoms with Crippen molar-refractivity contribution in [2.75, 3.05) is 19.0 Å². The standard InChI is InChI=1S/C21H19N5O3/c1-28-17-10-6-15(7-11-17)19-24-20(29-25-19)18-3-2-12-26(18)21(27)23-16-8-4-14(13-22)5-9-16/h4-11,18H,2-3,12H2,1H3,(H,23,27). The number of hydrogen-bond acceptors (Lipinski definition) is 6. The molecule has 4 rings (SSSR count). The van der Waals surface area contributed by atoms with Crippen molar-refractivity contribution >= 4 is 11.7 Å². The molecule has 1 unspecified atom stereocenters. The van der Waals surface area contributed by atoms with Gasteiger partial charge in [0.15, 0.2) is 0 Å². The number of aromatic nitrogens is 2. The Bertz CT molecular complexity index is 1040. The first-order chi connectivity index (χ1) is 14.2. The summed E-state index contributed by atoms with van der Waals surface area (Å²) >= 11 is 0. The molecule has 1 N–H and O–H groups in total. The third-order valence-electron chi connectivity index (χ3n) is 4.85. The summed E-state index contributed by atoms with van der Waals surface area (Å²) in [5, 5.41) is 15.8. The lowest BCUT2D eigenvalue weighted by Gasteiger charge is -2.22. The molecule has 29 heavy (non-hydrogen) atoms. The van der Waals surface area contributed by atoms with Crippen LogP contribution in [0.4, 0.5) is 10.5 Å². The molecule has 2 aromatic carbocycles. The van der Waals surface area contributed by atoms with Crippen LogP contribution in [-0.2, 0) is 0 Å². The molecule has 3 aromatic rings. The van der Waals surface area contributed by atoms with Gasteiger partial charge < -0.3 is 19.5 Å². The molecule has 0 radical (unpaired) electrons. The molecule has 8 heteroatoms. The number of carbonyl (C=O) groups is 1. The fourth-order valence-corrected chi connectivity index (χ4v) is 3.32. The summed E-state index contributed by atoms with van der Waals surface area (Å²) in [7, 11) is 1.61. The minimum Gasteiger partial charge on any atom is -0.497 e. The normalized spacial score (nSPS) is 15.7. The van der Waals surface area contributed by atoms with Gasteiger partial charge in [-0.25, -0.2) is 4.79 Å². The van der Waals surface area contributed by atoms with E-state index in [-0.39, 0.29) is 12.1 Å². The summed E-state index contributed by atoms with van der Waals surface area (Å²) in [5.74, 6) is 1.64. The van der Waals surface area contributed by atoms with Gasteiger partial charge in [0, 0.05) is 17.8 Å². The number of likely N-dealkylation sites (tertiary alicyclic amines) is 1. The quantitative estimate of drug-likeness (QED) is 0.723. The number of amides is 2. The van der Waals surface area contributed by atoms with Gasteiger partial charge in [0.2, 0.25) is 11.7 Å². The largest absolute Gasteiger partial charge is 0.497 e. The van der Waals surface area contributed by atoms with Crippen molar-refractivity contribution in [3.63, 3.8) is 0 Å². The highest BCUT2D eigenvalue weighted by molar-refractivity contribution is 5.89. The van der Waals surface area contributed by atoms with Crippen molar-refractivity contribution in [1.82, 2.24) is 15.0 Å². The zero-order valence-electron chi connectivity index (χ0n) is 15.8. The number of benzene rings is 2. The number of methoxy groups -OCH3 is 1. The summed E-state index contributed by atoms with van der Waals surface area (Å²) < 4.78 is 10.6. The summed E-state index contributed by atoms with van der Waals surface area (Å²) in [6.07, 6.45) is 1.61. The number of nitrogens with one attached hydrogen (secondary N) is 1. The molecule has 2 amide bonds. The molecule has 1 aliphatic rings. The number of nitriles is 1. The lowest BCUT2D eigenvalue weighted by atomic mass is 10.2. The number of carbonyl (C=O) groups excluding carboxylic acids is 1. The van der Waals surface area contributed by atoms with Gasteiger partial charge in [-0.3, -0.25) is 0 Å². The number of hydrogen-bond donors (Lipinski definition) is 1. The van der Waals surface area contributed by atoms with Gasteiger partial charge in [-0.1, -0.05) is 5.16 Å². The summed E-state index contributed by atoms with van der Waals surface area (Å²) in [6.45, 7) is 0.604. The zero-order valence-corrected chi connectivity index (χ0v) is 15.8. The molecule has 1 aromatic heterocycles. The smallest absolute Gasteiger partial charge is 0.322 e. The van der Waals surface area contributed by atoms with Crippen LogP contribution in [0.1, 0.15) is 30.3 Å². The molecule has 0 aliphatic carbocycles. The minimum atomic E-state index is -0.270. The van der Waals surface area contributed by atoms with Crippen LogP contribution in [0.2, 0.25) is 0 Å². The molecule has 1 fully saturated rings. The molecule has 2 heterocycles. The topological polar surface area (TPSA) is 104 Å². The van der Waals surface area contributed by atoms with E-state index in [1.165, 1.54) is 0 Å². The average Bonchev–Trinajstić information content (AvgIpc) is 3.44. The molecule has 1 saturated heterocycles. The van der Waals surface area contributed by atoms with Crippen molar-refractivity contribution in [3.8, 4) is 23.2 Å². The monoisotopic (exact) mass is 389 g/mol. The van der Waals surface area contributed by atoms with Gasteiger partial charge in [-0.2, -0.15) is 10.2 Å². The van der Waals surface area contributed by atoms with E-state index in [2.05, 4.69) is 21.5 Å². The van der Waals surface area contributed by atoms with Crippen molar-refractivity contribution in [3.05, 3.63) is 60.0 Å². The van der Waals surface area contributed by atoms with Gasteiger partial charge in [0.05, 0.1) is 18.7 Å². The van der Waals surface area contributed by atoms with E-state index in [4.69, 9.17) is 14.5 Å². The fourth-order valence-electron chi connectivity index (χ4n) is 3.32. The van der Waals surface area contributed by atoms with E-state index in [0.29, 0.717) is 29.5 Å². The fraction of sp³-hybridized carbons (Fsp3) is 0.238. The predicted molar refractivity (Wildman–Crippen MR) is 105 cm³/mol. The van der Waals surface area contributed by atoms with Crippen molar-refractivity contribution in [1.29, 1.82) is 5.26 Å². The first kappa shape index (κ1) is 18.5. The van der Waals surface area contributed by atoms with Crippen LogP contribution < -0.4 is 10.1 Å². The SMILES string of the molecule is COc1ccc(-c2noc(C3CCCN3C(=O)Nc3ccc(C#N)cc3)n2)cc1. The van der Waals surface area contributed by atoms with Crippen molar-refractivity contribution in [2.45, 2.75) is 18.9 Å². The Morgan fingerprint density at radius 2 is 2.00 bits per heavy atom. The summed E-state index contributed by atoms with van der Waals surface area (Å²) in [6, 6.07) is 15.7. The van der Waals surface area contributed by atoms with Crippen molar-refractivity contribution < 1.29 is 14.1 Å². The number of nitrogens with zero attached hydrogens (tertiary/aromatic N) is 4. The molecule has 0 spiro atoms. The van der Waals surface area contributed by atoms with E-state index < -0.39 is 0 Å². The summed E-state index contributed by atoms with van der Waals surface area (Å²) in [5.41, 5.74) is 1.98. The number of anilines is 1. The third kappa shape index (κ3) is 3.89. The molecule has 1 aliphatic heterocycles. The first-order valence-electron chi connectivity index (χ1n) is 9.24. The molecular formula is C21H19N5O3. The van der Waals surface area contributed by atoms with Crippen LogP contribution in [0.5, 0.6) is 5.75 Å². The Morgan fingerprint density at radius 3 is 2.69 bits per heavy atom. The maximum absolute atomic E-state index is 12.7. The van der Waals surface area contributed by atoms with Crippen molar-refractivity contribution in [2.24, 2.45) is 0 Å². The highest BCUT2D eigenvalue weighted by Gasteiger charge is 2.34. The second-order valence-corrected chi connectivity index (χ2v) is 6.66. The van der Waals surface area contributed by atoms with Gasteiger partial charge in [-0.15, -0.1) is 0 Å². The highest BCUT2D eigenvalue weighted by Crippen LogP contribution is 2.32. The van der Waals surface area contributed by atoms with Gasteiger partial charge in [0.1, 0.15) is 11.8 Å². The highest BCUT2D eigenvalue weighted by atomic mass is 16.5. The zero-order chi connectivity index (χ0) is 20.2. The van der Waals surface area contributed by atoms with Crippen LogP contribution in [0, 0.1) is 11.3 Å². The molecule has 0 saturated carbocycles. The van der Waals surface area contributed by atoms with Gasteiger partial charge in [0.25, 0.3) is 0 Å². The number of urea groups is 1. The van der Waals surface area contributed by atoms with E-state index >= 15 is 0 Å². The second kappa shape index (κ2) is 8.02. The van der Waals surface area contributed by atoms with Crippen LogP contribution in [0.15, 0.2) is 53.1 Å². The predicted octanol–water partition coefficient (Wildman–Crippen LogP) is 3.99. The van der Waals surface area contributed by atoms with E-state index in [1.54, 1.807) is 36.3 Å². The Labute approximate surface area is 167 Å². The molecule has 146 valence electrons. The van der Waals surface area contributed by atoms with Crippen LogP contribution >= 0.6 is 0 Å². The van der Waals surface area contributed by atoms with Gasteiger partial charge >= 0.3 is 6.03 Å². The molecular weight excluding hydrogens is 370 g/mol. The van der Waals surface area contributed by atoms with E-state index in [9.17, 15) is 4.79 Å². The minimum absolute atomic E-state index is 0.235. The van der Waals surface area contributed by atoms with E-state index in [1.807, 2.05) is 24.3 Å². The first-order valence-corrected chi connectivity index (χ1v) is 9.24. The van der Waals surface area contributed by atoms with Crippen LogP contribution in [0.3, 0.4) is 0 Å². The van der Waals surface area contributed by atoms with E-state index in [0.717, 1.165) is 24.2 Å². The maximum Gasteiger partial charge on any atom is 0.322 e. The Kier molecular flexibility index (Phi) is 5.12. The number of ether oxygens (including phenoxy) is 1.